The molecule has 6 aliphatic rings. The number of hydrogen-bond acceptors (Lipinski definition) is 30. The second-order valence-electron chi connectivity index (χ2n) is 18.0. The first-order chi connectivity index (χ1) is 34.4. The maximum atomic E-state index is 11.9. The Balaban J connectivity index is 0.998. The van der Waals surface area contributed by atoms with E-state index in [1.165, 1.54) is 0 Å². The largest absolute Gasteiger partial charge is 0.394 e. The summed E-state index contributed by atoms with van der Waals surface area (Å²) >= 11 is 1.02. The number of aliphatic hydroxyl groups excluding tert-OH is 18. The topological polar surface area (TPSA) is 466 Å². The van der Waals surface area contributed by atoms with Crippen LogP contribution in [0.15, 0.2) is 35.2 Å². The van der Waals surface area contributed by atoms with Gasteiger partial charge in [0, 0.05) is 4.90 Å². The molecule has 2 bridgehead atoms. The van der Waals surface area contributed by atoms with Crippen molar-refractivity contribution in [1.82, 2.24) is 0 Å². The smallest absolute Gasteiger partial charge is 0.187 e. The Bertz CT molecular complexity index is 1780. The number of hydrogen-bond donors (Lipinski definition) is 18. The number of aliphatic hydroxyl groups is 18. The van der Waals surface area contributed by atoms with Crippen molar-refractivity contribution in [3.63, 3.8) is 0 Å². The van der Waals surface area contributed by atoms with E-state index >= 15 is 0 Å². The highest BCUT2D eigenvalue weighted by Crippen LogP contribution is 2.41. The van der Waals surface area contributed by atoms with E-state index in [0.29, 0.717) is 4.90 Å². The van der Waals surface area contributed by atoms with Gasteiger partial charge >= 0.3 is 0 Å². The van der Waals surface area contributed by atoms with Crippen LogP contribution in [-0.2, 0) is 52.1 Å². The van der Waals surface area contributed by atoms with Crippen LogP contribution >= 0.6 is 11.8 Å². The Morgan fingerprint density at radius 3 is 1.49 bits per heavy atom. The molecule has 7 rings (SSSR count). The molecule has 0 aromatic heterocycles. The molecule has 6 saturated heterocycles. The van der Waals surface area contributed by atoms with E-state index in [1.54, 1.807) is 30.3 Å². The third kappa shape index (κ3) is 12.2. The minimum atomic E-state index is -2.06. The highest BCUT2D eigenvalue weighted by molar-refractivity contribution is 8.00. The normalized spacial score (nSPS) is 46.4. The van der Waals surface area contributed by atoms with Gasteiger partial charge in [-0.2, -0.15) is 0 Å². The summed E-state index contributed by atoms with van der Waals surface area (Å²) in [6.07, 6.45) is -47.8. The summed E-state index contributed by atoms with van der Waals surface area (Å²) in [4.78, 5) is 0.568. The maximum absolute atomic E-state index is 11.9. The molecule has 72 heavy (non-hydrogen) atoms. The summed E-state index contributed by atoms with van der Waals surface area (Å²) in [5, 5.41) is 189. The first-order valence-electron chi connectivity index (χ1n) is 23.1. The summed E-state index contributed by atoms with van der Waals surface area (Å²) in [5.41, 5.74) is 0. The van der Waals surface area contributed by atoms with E-state index in [2.05, 4.69) is 0 Å². The predicted octanol–water partition coefficient (Wildman–Crippen LogP) is -10.6. The van der Waals surface area contributed by atoms with Gasteiger partial charge in [-0.1, -0.05) is 18.2 Å². The van der Waals surface area contributed by atoms with E-state index < -0.39 is 217 Å². The van der Waals surface area contributed by atoms with Crippen LogP contribution in [0.4, 0.5) is 0 Å². The fourth-order valence-electron chi connectivity index (χ4n) is 9.26. The molecular formula is C42H66O29S. The van der Waals surface area contributed by atoms with Crippen LogP contribution in [0, 0.1) is 0 Å². The second-order valence-corrected chi connectivity index (χ2v) is 19.3. The van der Waals surface area contributed by atoms with Crippen LogP contribution in [0.3, 0.4) is 0 Å². The summed E-state index contributed by atoms with van der Waals surface area (Å²) in [5.74, 6) is 0. The van der Waals surface area contributed by atoms with E-state index in [1.807, 2.05) is 0 Å². The van der Waals surface area contributed by atoms with Gasteiger partial charge < -0.3 is 144 Å². The number of fused-ring (bicyclic) bond motifs is 2. The lowest BCUT2D eigenvalue weighted by atomic mass is 9.96. The molecule has 6 aliphatic heterocycles. The summed E-state index contributed by atoms with van der Waals surface area (Å²) in [6, 6.07) is 8.51. The number of ether oxygens (including phenoxy) is 11. The van der Waals surface area contributed by atoms with E-state index in [9.17, 15) is 91.9 Å². The number of benzene rings is 1. The van der Waals surface area contributed by atoms with Crippen molar-refractivity contribution in [2.75, 3.05) is 46.2 Å². The van der Waals surface area contributed by atoms with Crippen LogP contribution in [0.1, 0.15) is 0 Å². The van der Waals surface area contributed by atoms with Crippen molar-refractivity contribution in [1.29, 1.82) is 0 Å². The van der Waals surface area contributed by atoms with Gasteiger partial charge in [-0.25, -0.2) is 0 Å². The second kappa shape index (κ2) is 25.7. The van der Waals surface area contributed by atoms with E-state index in [4.69, 9.17) is 52.1 Å². The molecule has 29 nitrogen and oxygen atoms in total. The van der Waals surface area contributed by atoms with Crippen molar-refractivity contribution in [3.8, 4) is 0 Å². The maximum Gasteiger partial charge on any atom is 0.187 e. The molecule has 1 aromatic rings. The molecule has 0 unspecified atom stereocenters. The minimum Gasteiger partial charge on any atom is -0.394 e. The van der Waals surface area contributed by atoms with Gasteiger partial charge in [-0.3, -0.25) is 0 Å². The molecule has 1 aromatic carbocycles. The highest BCUT2D eigenvalue weighted by Gasteiger charge is 2.59. The molecular weight excluding hydrogens is 1000 g/mol. The molecule has 6 fully saturated rings. The number of rotatable bonds is 21. The van der Waals surface area contributed by atoms with Crippen LogP contribution in [-0.4, -0.2) is 315 Å². The Morgan fingerprint density at radius 2 is 0.931 bits per heavy atom. The molecule has 0 amide bonds. The van der Waals surface area contributed by atoms with Crippen molar-refractivity contribution in [3.05, 3.63) is 30.3 Å². The van der Waals surface area contributed by atoms with Gasteiger partial charge in [0.2, 0.25) is 0 Å². The first-order valence-corrected chi connectivity index (χ1v) is 24.0. The van der Waals surface area contributed by atoms with Crippen LogP contribution in [0.25, 0.3) is 0 Å². The zero-order valence-corrected chi connectivity index (χ0v) is 38.8. The minimum absolute atomic E-state index is 0.263. The zero-order chi connectivity index (χ0) is 52.3. The van der Waals surface area contributed by atoms with Crippen molar-refractivity contribution in [2.45, 2.75) is 182 Å². The third-order valence-corrected chi connectivity index (χ3v) is 14.7. The molecule has 0 spiro atoms. The van der Waals surface area contributed by atoms with Gasteiger partial charge in [-0.15, -0.1) is 11.8 Å². The van der Waals surface area contributed by atoms with Crippen LogP contribution in [0.2, 0.25) is 0 Å². The quantitative estimate of drug-likeness (QED) is 0.0543. The van der Waals surface area contributed by atoms with E-state index in [0.717, 1.165) is 11.8 Å². The zero-order valence-electron chi connectivity index (χ0n) is 38.0. The Morgan fingerprint density at radius 1 is 0.472 bits per heavy atom. The van der Waals surface area contributed by atoms with Crippen LogP contribution in [0.5, 0.6) is 0 Å². The van der Waals surface area contributed by atoms with Gasteiger partial charge in [0.25, 0.3) is 0 Å². The van der Waals surface area contributed by atoms with Crippen LogP contribution < -0.4 is 0 Å². The number of thioether (sulfide) groups is 1. The highest BCUT2D eigenvalue weighted by atomic mass is 32.2. The average molecular weight is 1070 g/mol. The molecule has 0 radical (unpaired) electrons. The average Bonchev–Trinajstić information content (AvgIpc) is 3.70. The third-order valence-electron chi connectivity index (χ3n) is 13.3. The lowest BCUT2D eigenvalue weighted by Crippen LogP contribution is -2.67. The molecule has 6 heterocycles. The van der Waals surface area contributed by atoms with Crippen molar-refractivity contribution >= 4 is 11.8 Å². The van der Waals surface area contributed by atoms with Gasteiger partial charge in [0.15, 0.2) is 31.5 Å². The summed E-state index contributed by atoms with van der Waals surface area (Å²) in [7, 11) is 0. The Hall–Kier alpha value is -1.59. The fourth-order valence-corrected chi connectivity index (χ4v) is 10.5. The van der Waals surface area contributed by atoms with Gasteiger partial charge in [0.1, 0.15) is 140 Å². The molecule has 30 heteroatoms. The standard InChI is InChI=1S/C42H66O29S/c43-6-14(49)21(51)31(15(50)7-44)67-39-27(57)24(54)32(17(9-46)63-39)68-41-29(59)36-34(20(66-41)12-61-36)70-40-28(58)25(55)33(18(10-47)64-40)69-42-30(60)37(72-13-4-2-1-3-5-13)35(19(11-48)65-42)71-38-26(56)23(53)22(52)16(8-45)62-38/h1-5,14-60H,6-12H2/t14-,15+,16+,17+,18+,19+,20+,21+,22+,23-,24+,25+,26+,27+,28+,29+,30-,31+,32+,33+,34+,35+,36+,37-,38+,39+,40+,41+,42+/m0/s1. The molecule has 29 atom stereocenters. The fraction of sp³-hybridized carbons (Fsp3) is 0.857. The Labute approximate surface area is 413 Å². The van der Waals surface area contributed by atoms with Crippen molar-refractivity contribution < 1.29 is 144 Å². The molecule has 0 aliphatic carbocycles. The SMILES string of the molecule is OC[C@@H](O)[C@@H](O[C@H]1O[C@H](CO)[C@@H](O[C@H]2O[C@@H]3CO[C@H]([C@H]2O)[C@@H]3O[C@H]2O[C@H](CO)[C@@H](O[C@H]3O[C@H](CO)[C@@H](O[C@H]4O[C@H](CO)[C@@H](O)[C@H](O)[C@H]4O)[C@@H](Sc4ccccc4)[C@@H]3O)[C@H](O)[C@H]2O)[C@H](O)[C@H]1O)[C@H](O)[C@@H](O)CO. The first kappa shape index (κ1) is 58.1. The molecule has 18 N–H and O–H groups in total. The molecule has 0 saturated carbocycles. The van der Waals surface area contributed by atoms with Gasteiger partial charge in [0.05, 0.1) is 51.5 Å². The Kier molecular flexibility index (Phi) is 20.7. The molecule has 414 valence electrons. The monoisotopic (exact) mass is 1070 g/mol. The van der Waals surface area contributed by atoms with E-state index in [-0.39, 0.29) is 6.61 Å². The summed E-state index contributed by atoms with van der Waals surface area (Å²) in [6.45, 7) is -5.66. The summed E-state index contributed by atoms with van der Waals surface area (Å²) < 4.78 is 63.8. The predicted molar refractivity (Wildman–Crippen MR) is 228 cm³/mol. The van der Waals surface area contributed by atoms with Gasteiger partial charge in [-0.05, 0) is 12.1 Å². The lowest BCUT2D eigenvalue weighted by molar-refractivity contribution is -0.379. The van der Waals surface area contributed by atoms with Crippen molar-refractivity contribution in [2.24, 2.45) is 0 Å². The lowest BCUT2D eigenvalue weighted by Gasteiger charge is -2.49.